The zero-order valence-electron chi connectivity index (χ0n) is 12.5. The van der Waals surface area contributed by atoms with E-state index >= 15 is 0 Å². The smallest absolute Gasteiger partial charge is 0.343 e. The second kappa shape index (κ2) is 5.71. The minimum atomic E-state index is -0.366. The van der Waals surface area contributed by atoms with E-state index in [-0.39, 0.29) is 5.97 Å². The molecule has 0 unspecified atom stereocenters. The standard InChI is InChI=1S/C15H20N4O2/c1-3-21-15(20)12-10-16-19-11(2)9-13(17-14(12)19)18-7-5-4-6-8-18/h9-10H,3-8H2,1-2H3. The van der Waals surface area contributed by atoms with E-state index in [1.54, 1.807) is 11.4 Å². The van der Waals surface area contributed by atoms with Gasteiger partial charge in [0.25, 0.3) is 0 Å². The molecule has 0 bridgehead atoms. The van der Waals surface area contributed by atoms with Crippen LogP contribution in [0.5, 0.6) is 0 Å². The number of carbonyl (C=O) groups excluding carboxylic acids is 1. The van der Waals surface area contributed by atoms with Crippen molar-refractivity contribution in [2.24, 2.45) is 0 Å². The van der Waals surface area contributed by atoms with Crippen molar-refractivity contribution in [3.63, 3.8) is 0 Å². The topological polar surface area (TPSA) is 59.7 Å². The predicted octanol–water partition coefficient (Wildman–Crippen LogP) is 2.20. The van der Waals surface area contributed by atoms with Gasteiger partial charge >= 0.3 is 5.97 Å². The third kappa shape index (κ3) is 2.57. The highest BCUT2D eigenvalue weighted by Crippen LogP contribution is 2.21. The summed E-state index contributed by atoms with van der Waals surface area (Å²) in [7, 11) is 0. The van der Waals surface area contributed by atoms with Crippen LogP contribution in [0.2, 0.25) is 0 Å². The van der Waals surface area contributed by atoms with E-state index in [2.05, 4.69) is 15.0 Å². The molecule has 0 aliphatic carbocycles. The van der Waals surface area contributed by atoms with Gasteiger partial charge in [-0.15, -0.1) is 0 Å². The largest absolute Gasteiger partial charge is 0.462 e. The van der Waals surface area contributed by atoms with Crippen LogP contribution in [0.4, 0.5) is 5.82 Å². The fourth-order valence-corrected chi connectivity index (χ4v) is 2.73. The fourth-order valence-electron chi connectivity index (χ4n) is 2.73. The van der Waals surface area contributed by atoms with Gasteiger partial charge < -0.3 is 9.64 Å². The third-order valence-electron chi connectivity index (χ3n) is 3.81. The van der Waals surface area contributed by atoms with Crippen molar-refractivity contribution < 1.29 is 9.53 Å². The average molecular weight is 288 g/mol. The highest BCUT2D eigenvalue weighted by Gasteiger charge is 2.19. The molecule has 3 heterocycles. The Bertz CT molecular complexity index is 659. The summed E-state index contributed by atoms with van der Waals surface area (Å²) < 4.78 is 6.77. The van der Waals surface area contributed by atoms with Crippen LogP contribution in [0.3, 0.4) is 0 Å². The second-order valence-corrected chi connectivity index (χ2v) is 5.32. The number of piperidine rings is 1. The first-order valence-electron chi connectivity index (χ1n) is 7.48. The van der Waals surface area contributed by atoms with Crippen molar-refractivity contribution in [2.75, 3.05) is 24.6 Å². The van der Waals surface area contributed by atoms with Gasteiger partial charge in [-0.3, -0.25) is 0 Å². The monoisotopic (exact) mass is 288 g/mol. The molecule has 1 aliphatic rings. The zero-order chi connectivity index (χ0) is 14.8. The fraction of sp³-hybridized carbons (Fsp3) is 0.533. The van der Waals surface area contributed by atoms with Gasteiger partial charge in [0.05, 0.1) is 12.8 Å². The van der Waals surface area contributed by atoms with E-state index in [1.165, 1.54) is 25.5 Å². The molecule has 0 spiro atoms. The van der Waals surface area contributed by atoms with Gasteiger partial charge in [0, 0.05) is 24.8 Å². The second-order valence-electron chi connectivity index (χ2n) is 5.32. The molecule has 3 rings (SSSR count). The van der Waals surface area contributed by atoms with Crippen molar-refractivity contribution in [2.45, 2.75) is 33.1 Å². The van der Waals surface area contributed by atoms with E-state index in [9.17, 15) is 4.79 Å². The van der Waals surface area contributed by atoms with Gasteiger partial charge in [-0.2, -0.15) is 5.10 Å². The number of hydrogen-bond acceptors (Lipinski definition) is 5. The maximum atomic E-state index is 12.0. The van der Waals surface area contributed by atoms with E-state index < -0.39 is 0 Å². The number of anilines is 1. The summed E-state index contributed by atoms with van der Waals surface area (Å²) in [6.45, 7) is 6.16. The molecule has 0 radical (unpaired) electrons. The zero-order valence-corrected chi connectivity index (χ0v) is 12.5. The van der Waals surface area contributed by atoms with Gasteiger partial charge in [0.2, 0.25) is 0 Å². The summed E-state index contributed by atoms with van der Waals surface area (Å²) in [6.07, 6.45) is 5.19. The highest BCUT2D eigenvalue weighted by molar-refractivity contribution is 5.95. The number of nitrogens with zero attached hydrogens (tertiary/aromatic N) is 4. The van der Waals surface area contributed by atoms with Gasteiger partial charge in [0.1, 0.15) is 11.4 Å². The van der Waals surface area contributed by atoms with Crippen LogP contribution in [0.25, 0.3) is 5.65 Å². The van der Waals surface area contributed by atoms with Crippen LogP contribution in [-0.4, -0.2) is 40.3 Å². The van der Waals surface area contributed by atoms with Gasteiger partial charge in [-0.25, -0.2) is 14.3 Å². The molecule has 0 N–H and O–H groups in total. The number of ether oxygens (including phenoxy) is 1. The molecule has 6 heteroatoms. The van der Waals surface area contributed by atoms with Gasteiger partial charge in [0.15, 0.2) is 5.65 Å². The molecule has 112 valence electrons. The Balaban J connectivity index is 2.03. The summed E-state index contributed by atoms with van der Waals surface area (Å²) in [5.41, 5.74) is 1.98. The summed E-state index contributed by atoms with van der Waals surface area (Å²) in [5.74, 6) is 0.556. The number of carbonyl (C=O) groups is 1. The molecule has 0 aromatic carbocycles. The van der Waals surface area contributed by atoms with Crippen LogP contribution in [0.15, 0.2) is 12.3 Å². The number of fused-ring (bicyclic) bond motifs is 1. The van der Waals surface area contributed by atoms with E-state index in [0.29, 0.717) is 17.8 Å². The maximum Gasteiger partial charge on any atom is 0.343 e. The normalized spacial score (nSPS) is 15.4. The SMILES string of the molecule is CCOC(=O)c1cnn2c(C)cc(N3CCCCC3)nc12. The summed E-state index contributed by atoms with van der Waals surface area (Å²) in [6, 6.07) is 2.03. The minimum absolute atomic E-state index is 0.348. The maximum absolute atomic E-state index is 12.0. The summed E-state index contributed by atoms with van der Waals surface area (Å²) in [5, 5.41) is 4.24. The molecule has 0 amide bonds. The number of esters is 1. The predicted molar refractivity (Wildman–Crippen MR) is 79.7 cm³/mol. The highest BCUT2D eigenvalue weighted by atomic mass is 16.5. The molecule has 6 nitrogen and oxygen atoms in total. The molecule has 2 aromatic rings. The van der Waals surface area contributed by atoms with E-state index in [1.807, 2.05) is 13.0 Å². The Morgan fingerprint density at radius 3 is 2.81 bits per heavy atom. The van der Waals surface area contributed by atoms with Crippen LogP contribution in [-0.2, 0) is 4.74 Å². The number of hydrogen-bond donors (Lipinski definition) is 0. The molecular formula is C15H20N4O2. The Kier molecular flexibility index (Phi) is 3.77. The number of aromatic nitrogens is 3. The molecule has 1 saturated heterocycles. The lowest BCUT2D eigenvalue weighted by molar-refractivity contribution is 0.0528. The first-order valence-corrected chi connectivity index (χ1v) is 7.48. The molecule has 0 saturated carbocycles. The van der Waals surface area contributed by atoms with Gasteiger partial charge in [-0.1, -0.05) is 0 Å². The van der Waals surface area contributed by atoms with Crippen LogP contribution in [0.1, 0.15) is 42.2 Å². The first-order chi connectivity index (χ1) is 10.2. The van der Waals surface area contributed by atoms with E-state index in [0.717, 1.165) is 24.6 Å². The molecule has 21 heavy (non-hydrogen) atoms. The number of rotatable bonds is 3. The summed E-state index contributed by atoms with van der Waals surface area (Å²) >= 11 is 0. The van der Waals surface area contributed by atoms with Gasteiger partial charge in [-0.05, 0) is 33.1 Å². The Labute approximate surface area is 123 Å². The van der Waals surface area contributed by atoms with Crippen molar-refractivity contribution >= 4 is 17.4 Å². The molecule has 0 atom stereocenters. The first kappa shape index (κ1) is 13.9. The Morgan fingerprint density at radius 2 is 2.10 bits per heavy atom. The molecule has 1 aliphatic heterocycles. The van der Waals surface area contributed by atoms with Crippen molar-refractivity contribution in [3.05, 3.63) is 23.5 Å². The Hall–Kier alpha value is -2.11. The number of aryl methyl sites for hydroxylation is 1. The van der Waals surface area contributed by atoms with Crippen LogP contribution in [0, 0.1) is 6.92 Å². The van der Waals surface area contributed by atoms with E-state index in [4.69, 9.17) is 4.74 Å². The molecule has 2 aromatic heterocycles. The lowest BCUT2D eigenvalue weighted by atomic mass is 10.1. The average Bonchev–Trinajstić information content (AvgIpc) is 2.93. The third-order valence-corrected chi connectivity index (χ3v) is 3.81. The van der Waals surface area contributed by atoms with Crippen LogP contribution < -0.4 is 4.90 Å². The van der Waals surface area contributed by atoms with Crippen molar-refractivity contribution in [1.29, 1.82) is 0 Å². The molecular weight excluding hydrogens is 268 g/mol. The lowest BCUT2D eigenvalue weighted by Crippen LogP contribution is -2.30. The molecule has 1 fully saturated rings. The lowest BCUT2D eigenvalue weighted by Gasteiger charge is -2.28. The van der Waals surface area contributed by atoms with Crippen molar-refractivity contribution in [3.8, 4) is 0 Å². The minimum Gasteiger partial charge on any atom is -0.462 e. The summed E-state index contributed by atoms with van der Waals surface area (Å²) in [4.78, 5) is 18.9. The quantitative estimate of drug-likeness (QED) is 0.810. The van der Waals surface area contributed by atoms with Crippen LogP contribution >= 0.6 is 0 Å². The Morgan fingerprint density at radius 1 is 1.33 bits per heavy atom. The van der Waals surface area contributed by atoms with Crippen molar-refractivity contribution in [1.82, 2.24) is 14.6 Å².